The van der Waals surface area contributed by atoms with Crippen molar-refractivity contribution in [2.24, 2.45) is 0 Å². The molecule has 0 atom stereocenters. The van der Waals surface area contributed by atoms with Crippen LogP contribution in [0.3, 0.4) is 0 Å². The number of nitrogens with zero attached hydrogens (tertiary/aromatic N) is 2. The van der Waals surface area contributed by atoms with E-state index in [0.717, 1.165) is 22.5 Å². The van der Waals surface area contributed by atoms with Crippen molar-refractivity contribution >= 4 is 34.6 Å². The predicted molar refractivity (Wildman–Crippen MR) is 139 cm³/mol. The number of nitriles is 1. The lowest BCUT2D eigenvalue weighted by Crippen LogP contribution is -2.32. The Morgan fingerprint density at radius 3 is 2.54 bits per heavy atom. The Hall–Kier alpha value is -4.41. The van der Waals surface area contributed by atoms with Crippen LogP contribution in [0.4, 0.5) is 5.69 Å². The van der Waals surface area contributed by atoms with E-state index in [1.54, 1.807) is 36.4 Å². The van der Waals surface area contributed by atoms with Gasteiger partial charge in [-0.1, -0.05) is 48.5 Å². The molecule has 1 amide bonds. The van der Waals surface area contributed by atoms with Crippen LogP contribution in [0.2, 0.25) is 0 Å². The molecule has 0 saturated carbocycles. The molecule has 0 bridgehead atoms. The van der Waals surface area contributed by atoms with Crippen molar-refractivity contribution in [1.82, 2.24) is 4.57 Å². The first kappa shape index (κ1) is 23.7. The first-order chi connectivity index (χ1) is 17.0. The van der Waals surface area contributed by atoms with Gasteiger partial charge in [-0.2, -0.15) is 5.26 Å². The molecule has 0 saturated heterocycles. The maximum absolute atomic E-state index is 13.6. The molecule has 0 aliphatic carbocycles. The van der Waals surface area contributed by atoms with E-state index >= 15 is 0 Å². The molecule has 7 heteroatoms. The summed E-state index contributed by atoms with van der Waals surface area (Å²) < 4.78 is 7.75. The summed E-state index contributed by atoms with van der Waals surface area (Å²) in [5.74, 6) is 0.0718. The number of anilines is 1. The Morgan fingerprint density at radius 1 is 1.09 bits per heavy atom. The van der Waals surface area contributed by atoms with E-state index in [-0.39, 0.29) is 15.8 Å². The van der Waals surface area contributed by atoms with E-state index in [0.29, 0.717) is 28.3 Å². The fraction of sp³-hybridized carbons (Fsp3) is 0.107. The van der Waals surface area contributed by atoms with Crippen molar-refractivity contribution in [2.75, 3.05) is 11.9 Å². The molecule has 1 aromatic heterocycles. The van der Waals surface area contributed by atoms with Crippen LogP contribution in [0.15, 0.2) is 83.7 Å². The highest BCUT2D eigenvalue weighted by Gasteiger charge is 2.17. The number of rotatable bonds is 6. The number of nitrogens with one attached hydrogen (secondary N) is 1. The average Bonchev–Trinajstić information content (AvgIpc) is 3.17. The van der Waals surface area contributed by atoms with Gasteiger partial charge >= 0.3 is 0 Å². The SMILES string of the molecule is CCOc1ccccc1/C=c1/s/c(=C(\C#N)C(=O)Nc2cccc(C)c2)n(-c2ccccc2)c1=O. The third-order valence-electron chi connectivity index (χ3n) is 5.17. The summed E-state index contributed by atoms with van der Waals surface area (Å²) in [7, 11) is 0. The van der Waals surface area contributed by atoms with Crippen LogP contribution >= 0.6 is 11.3 Å². The van der Waals surface area contributed by atoms with Gasteiger partial charge in [0, 0.05) is 11.3 Å². The number of aromatic nitrogens is 1. The Morgan fingerprint density at radius 2 is 1.83 bits per heavy atom. The molecular weight excluding hydrogens is 458 g/mol. The van der Waals surface area contributed by atoms with Gasteiger partial charge < -0.3 is 10.1 Å². The molecule has 0 radical (unpaired) electrons. The average molecular weight is 482 g/mol. The minimum absolute atomic E-state index is 0.143. The van der Waals surface area contributed by atoms with Gasteiger partial charge in [0.15, 0.2) is 5.57 Å². The van der Waals surface area contributed by atoms with Gasteiger partial charge in [-0.05, 0) is 55.8 Å². The van der Waals surface area contributed by atoms with Gasteiger partial charge in [0.05, 0.1) is 16.8 Å². The fourth-order valence-corrected chi connectivity index (χ4v) is 4.69. The van der Waals surface area contributed by atoms with Gasteiger partial charge in [0.2, 0.25) is 0 Å². The molecule has 0 spiro atoms. The van der Waals surface area contributed by atoms with Crippen LogP contribution < -0.4 is 24.8 Å². The van der Waals surface area contributed by atoms with Crippen molar-refractivity contribution in [3.8, 4) is 17.5 Å². The zero-order valence-electron chi connectivity index (χ0n) is 19.3. The molecular formula is C28H23N3O3S. The molecule has 6 nitrogen and oxygen atoms in total. The van der Waals surface area contributed by atoms with Crippen molar-refractivity contribution in [2.45, 2.75) is 13.8 Å². The van der Waals surface area contributed by atoms with E-state index in [9.17, 15) is 14.9 Å². The lowest BCUT2D eigenvalue weighted by atomic mass is 10.2. The van der Waals surface area contributed by atoms with Crippen LogP contribution in [-0.2, 0) is 4.79 Å². The number of thiazole rings is 1. The van der Waals surface area contributed by atoms with Crippen molar-refractivity contribution < 1.29 is 9.53 Å². The summed E-state index contributed by atoms with van der Waals surface area (Å²) in [4.78, 5) is 26.7. The van der Waals surface area contributed by atoms with Crippen LogP contribution in [0.25, 0.3) is 17.3 Å². The van der Waals surface area contributed by atoms with E-state index in [2.05, 4.69) is 5.32 Å². The second-order valence-electron chi connectivity index (χ2n) is 7.67. The maximum atomic E-state index is 13.6. The van der Waals surface area contributed by atoms with Gasteiger partial charge in [-0.3, -0.25) is 14.2 Å². The monoisotopic (exact) mass is 481 g/mol. The smallest absolute Gasteiger partial charge is 0.273 e. The maximum Gasteiger partial charge on any atom is 0.273 e. The van der Waals surface area contributed by atoms with Gasteiger partial charge in [-0.25, -0.2) is 0 Å². The number of aryl methyl sites for hydroxylation is 1. The van der Waals surface area contributed by atoms with Crippen molar-refractivity contribution in [3.05, 3.63) is 110 Å². The Balaban J connectivity index is 1.96. The summed E-state index contributed by atoms with van der Waals surface area (Å²) in [5.41, 5.74) is 2.39. The number of amides is 1. The van der Waals surface area contributed by atoms with E-state index in [1.807, 2.05) is 68.4 Å². The number of hydrogen-bond acceptors (Lipinski definition) is 5. The normalized spacial score (nSPS) is 12.1. The number of benzene rings is 3. The quantitative estimate of drug-likeness (QED) is 0.455. The van der Waals surface area contributed by atoms with Crippen molar-refractivity contribution in [1.29, 1.82) is 5.26 Å². The molecule has 1 heterocycles. The molecule has 3 aromatic carbocycles. The fourth-order valence-electron chi connectivity index (χ4n) is 3.60. The molecule has 0 fully saturated rings. The largest absolute Gasteiger partial charge is 0.493 e. The predicted octanol–water partition coefficient (Wildman–Crippen LogP) is 3.75. The molecule has 4 rings (SSSR count). The first-order valence-corrected chi connectivity index (χ1v) is 11.9. The molecule has 4 aromatic rings. The molecule has 0 unspecified atom stereocenters. The van der Waals surface area contributed by atoms with Crippen LogP contribution in [-0.4, -0.2) is 17.1 Å². The second kappa shape index (κ2) is 10.7. The van der Waals surface area contributed by atoms with E-state index in [1.165, 1.54) is 4.57 Å². The zero-order valence-corrected chi connectivity index (χ0v) is 20.1. The van der Waals surface area contributed by atoms with Gasteiger partial charge in [-0.15, -0.1) is 11.3 Å². The topological polar surface area (TPSA) is 84.1 Å². The summed E-state index contributed by atoms with van der Waals surface area (Å²) in [6.45, 7) is 4.29. The molecule has 0 aliphatic heterocycles. The van der Waals surface area contributed by atoms with Crippen LogP contribution in [0.5, 0.6) is 5.75 Å². The van der Waals surface area contributed by atoms with E-state index in [4.69, 9.17) is 4.74 Å². The highest BCUT2D eigenvalue weighted by molar-refractivity contribution is 7.07. The summed E-state index contributed by atoms with van der Waals surface area (Å²) in [6, 6.07) is 25.7. The number of para-hydroxylation sites is 2. The van der Waals surface area contributed by atoms with Crippen molar-refractivity contribution in [3.63, 3.8) is 0 Å². The van der Waals surface area contributed by atoms with Crippen LogP contribution in [0, 0.1) is 18.3 Å². The molecule has 35 heavy (non-hydrogen) atoms. The number of carbonyl (C=O) groups is 1. The molecule has 1 N–H and O–H groups in total. The molecule has 0 aliphatic rings. The number of carbonyl (C=O) groups excluding carboxylic acids is 1. The first-order valence-electron chi connectivity index (χ1n) is 11.0. The van der Waals surface area contributed by atoms with E-state index < -0.39 is 5.91 Å². The molecule has 174 valence electrons. The third kappa shape index (κ3) is 5.24. The third-order valence-corrected chi connectivity index (χ3v) is 6.26. The highest BCUT2D eigenvalue weighted by Crippen LogP contribution is 2.18. The minimum atomic E-state index is -0.578. The van der Waals surface area contributed by atoms with Crippen LogP contribution in [0.1, 0.15) is 18.1 Å². The minimum Gasteiger partial charge on any atom is -0.493 e. The Labute approximate surface area is 206 Å². The van der Waals surface area contributed by atoms with Gasteiger partial charge in [0.1, 0.15) is 16.5 Å². The summed E-state index contributed by atoms with van der Waals surface area (Å²) >= 11 is 1.10. The number of hydrogen-bond donors (Lipinski definition) is 1. The van der Waals surface area contributed by atoms with Gasteiger partial charge in [0.25, 0.3) is 11.5 Å². The highest BCUT2D eigenvalue weighted by atomic mass is 32.1. The lowest BCUT2D eigenvalue weighted by molar-refractivity contribution is -0.111. The number of ether oxygens (including phenoxy) is 1. The Bertz CT molecular complexity index is 1590. The Kier molecular flexibility index (Phi) is 7.24. The second-order valence-corrected chi connectivity index (χ2v) is 8.70. The standard InChI is InChI=1S/C28H23N3O3S/c1-3-34-24-15-8-7-11-20(24)17-25-27(33)31(22-13-5-4-6-14-22)28(35-25)23(18-29)26(32)30-21-12-9-10-19(2)16-21/h4-17H,3H2,1-2H3,(H,30,32)/b25-17+,28-23+. The lowest BCUT2D eigenvalue weighted by Gasteiger charge is -2.06. The zero-order chi connectivity index (χ0) is 24.8. The summed E-state index contributed by atoms with van der Waals surface area (Å²) in [6.07, 6.45) is 1.73. The summed E-state index contributed by atoms with van der Waals surface area (Å²) in [5, 5.41) is 12.7.